The van der Waals surface area contributed by atoms with Gasteiger partial charge >= 0.3 is 0 Å². The monoisotopic (exact) mass is 459 g/mol. The van der Waals surface area contributed by atoms with Gasteiger partial charge in [0.05, 0.1) is 16.8 Å². The maximum atomic E-state index is 13.1. The summed E-state index contributed by atoms with van der Waals surface area (Å²) in [6, 6.07) is 23.6. The highest BCUT2D eigenvalue weighted by atomic mass is 16.5. The molecular weight excluding hydrogens is 430 g/mol. The number of hydrogen-bond donors (Lipinski definition) is 1. The number of ether oxygens (including phenoxy) is 2. The van der Waals surface area contributed by atoms with Gasteiger partial charge in [-0.2, -0.15) is 0 Å². The second kappa shape index (κ2) is 11.3. The fourth-order valence-corrected chi connectivity index (χ4v) is 3.76. The summed E-state index contributed by atoms with van der Waals surface area (Å²) in [4.78, 5) is 30.3. The van der Waals surface area contributed by atoms with E-state index in [-0.39, 0.29) is 18.4 Å². The standard InChI is InChI=1S/C27H29N3O4/c1-29-15-17-30(18-16-29)27(32)22-11-5-7-13-24(22)28-26(31)23-12-6-8-14-25(23)34-20-19-33-21-9-3-2-4-10-21/h2-14H,15-20H2,1H3,(H,28,31). The van der Waals surface area contributed by atoms with Crippen LogP contribution in [-0.4, -0.2) is 68.1 Å². The topological polar surface area (TPSA) is 71.1 Å². The Labute approximate surface area is 199 Å². The molecule has 176 valence electrons. The van der Waals surface area contributed by atoms with Crippen LogP contribution in [0.3, 0.4) is 0 Å². The second-order valence-corrected chi connectivity index (χ2v) is 8.10. The molecule has 1 fully saturated rings. The first-order valence-corrected chi connectivity index (χ1v) is 11.4. The van der Waals surface area contributed by atoms with Crippen molar-refractivity contribution in [1.29, 1.82) is 0 Å². The zero-order valence-electron chi connectivity index (χ0n) is 19.3. The summed E-state index contributed by atoms with van der Waals surface area (Å²) >= 11 is 0. The highest BCUT2D eigenvalue weighted by Gasteiger charge is 2.23. The van der Waals surface area contributed by atoms with Crippen molar-refractivity contribution in [3.63, 3.8) is 0 Å². The third-order valence-corrected chi connectivity index (χ3v) is 5.68. The molecule has 7 nitrogen and oxygen atoms in total. The van der Waals surface area contributed by atoms with Crippen molar-refractivity contribution in [3.8, 4) is 11.5 Å². The Balaban J connectivity index is 1.41. The molecule has 1 aliphatic heterocycles. The first kappa shape index (κ1) is 23.3. The summed E-state index contributed by atoms with van der Waals surface area (Å²) in [5.41, 5.74) is 1.36. The minimum atomic E-state index is -0.335. The first-order chi connectivity index (χ1) is 16.6. The van der Waals surface area contributed by atoms with Crippen LogP contribution in [0.4, 0.5) is 5.69 Å². The Morgan fingerprint density at radius 2 is 1.38 bits per heavy atom. The Hall–Kier alpha value is -3.84. The van der Waals surface area contributed by atoms with Gasteiger partial charge in [-0.1, -0.05) is 42.5 Å². The zero-order chi connectivity index (χ0) is 23.8. The van der Waals surface area contributed by atoms with E-state index in [1.807, 2.05) is 54.4 Å². The van der Waals surface area contributed by atoms with Gasteiger partial charge in [0, 0.05) is 26.2 Å². The van der Waals surface area contributed by atoms with Gasteiger partial charge in [0.2, 0.25) is 0 Å². The molecule has 34 heavy (non-hydrogen) atoms. The van der Waals surface area contributed by atoms with Crippen molar-refractivity contribution < 1.29 is 19.1 Å². The molecule has 0 unspecified atom stereocenters. The zero-order valence-corrected chi connectivity index (χ0v) is 19.3. The summed E-state index contributed by atoms with van der Waals surface area (Å²) in [7, 11) is 2.04. The highest BCUT2D eigenvalue weighted by Crippen LogP contribution is 2.23. The molecule has 1 heterocycles. The van der Waals surface area contributed by atoms with Gasteiger partial charge in [-0.25, -0.2) is 0 Å². The molecule has 2 amide bonds. The molecule has 0 spiro atoms. The normalized spacial score (nSPS) is 13.9. The summed E-state index contributed by atoms with van der Waals surface area (Å²) in [5, 5.41) is 2.90. The van der Waals surface area contributed by atoms with Crippen molar-refractivity contribution in [2.24, 2.45) is 0 Å². The van der Waals surface area contributed by atoms with Crippen LogP contribution in [0.2, 0.25) is 0 Å². The Bertz CT molecular complexity index is 1110. The van der Waals surface area contributed by atoms with E-state index in [1.54, 1.807) is 36.4 Å². The minimum Gasteiger partial charge on any atom is -0.490 e. The average molecular weight is 460 g/mol. The fourth-order valence-electron chi connectivity index (χ4n) is 3.76. The third kappa shape index (κ3) is 5.94. The smallest absolute Gasteiger partial charge is 0.259 e. The fraction of sp³-hybridized carbons (Fsp3) is 0.259. The van der Waals surface area contributed by atoms with Gasteiger partial charge < -0.3 is 24.6 Å². The number of rotatable bonds is 8. The molecule has 1 N–H and O–H groups in total. The van der Waals surface area contributed by atoms with Crippen LogP contribution in [0.15, 0.2) is 78.9 Å². The van der Waals surface area contributed by atoms with Crippen LogP contribution in [0.5, 0.6) is 11.5 Å². The van der Waals surface area contributed by atoms with E-state index in [0.29, 0.717) is 42.3 Å². The molecule has 1 aliphatic rings. The van der Waals surface area contributed by atoms with Gasteiger partial charge in [0.1, 0.15) is 24.7 Å². The quantitative estimate of drug-likeness (QED) is 0.519. The van der Waals surface area contributed by atoms with Gasteiger partial charge in [-0.15, -0.1) is 0 Å². The van der Waals surface area contributed by atoms with Gasteiger partial charge in [-0.05, 0) is 43.4 Å². The van der Waals surface area contributed by atoms with E-state index >= 15 is 0 Å². The number of nitrogens with one attached hydrogen (secondary N) is 1. The van der Waals surface area contributed by atoms with Gasteiger partial charge in [0.15, 0.2) is 0 Å². The van der Waals surface area contributed by atoms with Crippen LogP contribution in [-0.2, 0) is 0 Å². The van der Waals surface area contributed by atoms with Gasteiger partial charge in [0.25, 0.3) is 11.8 Å². The average Bonchev–Trinajstić information content (AvgIpc) is 2.88. The van der Waals surface area contributed by atoms with Crippen LogP contribution >= 0.6 is 0 Å². The molecule has 0 radical (unpaired) electrons. The number of carbonyl (C=O) groups is 2. The number of piperazine rings is 1. The summed E-state index contributed by atoms with van der Waals surface area (Å²) in [6.45, 7) is 3.64. The largest absolute Gasteiger partial charge is 0.490 e. The van der Waals surface area contributed by atoms with Gasteiger partial charge in [-0.3, -0.25) is 9.59 Å². The molecule has 0 bridgehead atoms. The van der Waals surface area contributed by atoms with E-state index in [1.165, 1.54) is 0 Å². The maximum Gasteiger partial charge on any atom is 0.259 e. The summed E-state index contributed by atoms with van der Waals surface area (Å²) in [6.07, 6.45) is 0. The van der Waals surface area contributed by atoms with Crippen molar-refractivity contribution in [2.45, 2.75) is 0 Å². The molecule has 7 heteroatoms. The van der Waals surface area contributed by atoms with E-state index in [9.17, 15) is 9.59 Å². The first-order valence-electron chi connectivity index (χ1n) is 11.4. The van der Waals surface area contributed by atoms with E-state index in [0.717, 1.165) is 18.8 Å². The number of hydrogen-bond acceptors (Lipinski definition) is 5. The van der Waals surface area contributed by atoms with Crippen LogP contribution in [0.25, 0.3) is 0 Å². The SMILES string of the molecule is CN1CCN(C(=O)c2ccccc2NC(=O)c2ccccc2OCCOc2ccccc2)CC1. The van der Waals surface area contributed by atoms with Crippen LogP contribution in [0.1, 0.15) is 20.7 Å². The minimum absolute atomic E-state index is 0.0772. The predicted octanol–water partition coefficient (Wildman–Crippen LogP) is 3.78. The number of anilines is 1. The Morgan fingerprint density at radius 3 is 2.15 bits per heavy atom. The molecule has 0 atom stereocenters. The Kier molecular flexibility index (Phi) is 7.78. The molecule has 3 aromatic rings. The van der Waals surface area contributed by atoms with Crippen molar-refractivity contribution in [1.82, 2.24) is 9.80 Å². The van der Waals surface area contributed by atoms with E-state index < -0.39 is 0 Å². The lowest BCUT2D eigenvalue weighted by atomic mass is 10.1. The van der Waals surface area contributed by atoms with Crippen molar-refractivity contribution in [2.75, 3.05) is 51.8 Å². The lowest BCUT2D eigenvalue weighted by molar-refractivity contribution is 0.0665. The predicted molar refractivity (Wildman–Crippen MR) is 132 cm³/mol. The number of amides is 2. The van der Waals surface area contributed by atoms with Crippen molar-refractivity contribution in [3.05, 3.63) is 90.0 Å². The molecule has 0 saturated carbocycles. The number of likely N-dealkylation sites (N-methyl/N-ethyl adjacent to an activating group) is 1. The van der Waals surface area contributed by atoms with Crippen LogP contribution in [0, 0.1) is 0 Å². The lowest BCUT2D eigenvalue weighted by Crippen LogP contribution is -2.47. The number of nitrogens with zero attached hydrogens (tertiary/aromatic N) is 2. The number of benzene rings is 3. The molecule has 4 rings (SSSR count). The summed E-state index contributed by atoms with van der Waals surface area (Å²) in [5.74, 6) is 0.808. The lowest BCUT2D eigenvalue weighted by Gasteiger charge is -2.32. The molecule has 1 saturated heterocycles. The highest BCUT2D eigenvalue weighted by molar-refractivity contribution is 6.10. The van der Waals surface area contributed by atoms with E-state index in [4.69, 9.17) is 9.47 Å². The van der Waals surface area contributed by atoms with Crippen molar-refractivity contribution >= 4 is 17.5 Å². The second-order valence-electron chi connectivity index (χ2n) is 8.10. The Morgan fingerprint density at radius 1 is 0.765 bits per heavy atom. The molecule has 3 aromatic carbocycles. The number of carbonyl (C=O) groups excluding carboxylic acids is 2. The maximum absolute atomic E-state index is 13.1. The molecular formula is C27H29N3O4. The number of para-hydroxylation sites is 3. The van der Waals surface area contributed by atoms with E-state index in [2.05, 4.69) is 10.2 Å². The molecule has 0 aromatic heterocycles. The summed E-state index contributed by atoms with van der Waals surface area (Å²) < 4.78 is 11.5. The van der Waals surface area contributed by atoms with Crippen LogP contribution < -0.4 is 14.8 Å². The molecule has 0 aliphatic carbocycles. The third-order valence-electron chi connectivity index (χ3n) is 5.68.